The molecule has 0 aromatic heterocycles. The minimum absolute atomic E-state index is 0.000945. The van der Waals surface area contributed by atoms with Gasteiger partial charge in [0.1, 0.15) is 0 Å². The second-order valence-corrected chi connectivity index (χ2v) is 10.9. The van der Waals surface area contributed by atoms with Crippen LogP contribution in [0.1, 0.15) is 22.3 Å². The van der Waals surface area contributed by atoms with E-state index in [1.54, 1.807) is 32.2 Å². The third-order valence-electron chi connectivity index (χ3n) is 5.13. The van der Waals surface area contributed by atoms with Gasteiger partial charge in [0, 0.05) is 23.7 Å². The standard InChI is InChI=1S/C22H27NO5S2/c1-23(12-10-16-8-9-19(27-2)20(14-16)28-3)22(24)18-6-4-5-7-21(18)29-17-11-13-30(25,26)15-17/h4-9,14,17H,10-13,15H2,1-3H3/t17-/m1/s1. The van der Waals surface area contributed by atoms with Gasteiger partial charge in [0.2, 0.25) is 0 Å². The molecule has 1 atom stereocenters. The SMILES string of the molecule is COc1ccc(CCN(C)C(=O)c2ccccc2S[C@@H]2CCS(=O)(=O)C2)cc1OC. The molecular formula is C22H27NO5S2. The lowest BCUT2D eigenvalue weighted by molar-refractivity contribution is 0.0793. The summed E-state index contributed by atoms with van der Waals surface area (Å²) >= 11 is 1.49. The lowest BCUT2D eigenvalue weighted by atomic mass is 10.1. The lowest BCUT2D eigenvalue weighted by Crippen LogP contribution is -2.29. The summed E-state index contributed by atoms with van der Waals surface area (Å²) in [5, 5.41) is 0.000945. The van der Waals surface area contributed by atoms with Crippen LogP contribution in [0.25, 0.3) is 0 Å². The Morgan fingerprint density at radius 1 is 1.13 bits per heavy atom. The smallest absolute Gasteiger partial charge is 0.254 e. The maximum Gasteiger partial charge on any atom is 0.254 e. The number of hydrogen-bond acceptors (Lipinski definition) is 6. The Hall–Kier alpha value is -2.19. The Morgan fingerprint density at radius 3 is 2.53 bits per heavy atom. The summed E-state index contributed by atoms with van der Waals surface area (Å²) < 4.78 is 34.1. The molecule has 3 rings (SSSR count). The zero-order valence-electron chi connectivity index (χ0n) is 17.5. The summed E-state index contributed by atoms with van der Waals surface area (Å²) in [5.41, 5.74) is 1.66. The molecule has 162 valence electrons. The van der Waals surface area contributed by atoms with Crippen molar-refractivity contribution in [1.29, 1.82) is 0 Å². The molecule has 1 aliphatic rings. The first kappa shape index (κ1) is 22.5. The molecule has 0 bridgehead atoms. The van der Waals surface area contributed by atoms with Crippen molar-refractivity contribution in [2.75, 3.05) is 39.3 Å². The first-order chi connectivity index (χ1) is 14.3. The first-order valence-corrected chi connectivity index (χ1v) is 12.5. The molecule has 2 aromatic rings. The van der Waals surface area contributed by atoms with Gasteiger partial charge in [-0.1, -0.05) is 18.2 Å². The average Bonchev–Trinajstić information content (AvgIpc) is 3.09. The highest BCUT2D eigenvalue weighted by Crippen LogP contribution is 2.33. The summed E-state index contributed by atoms with van der Waals surface area (Å²) in [6, 6.07) is 13.2. The number of nitrogens with zero attached hydrogens (tertiary/aromatic N) is 1. The molecule has 8 heteroatoms. The molecular weight excluding hydrogens is 422 g/mol. The second-order valence-electron chi connectivity index (χ2n) is 7.31. The highest BCUT2D eigenvalue weighted by atomic mass is 32.2. The molecule has 6 nitrogen and oxygen atoms in total. The van der Waals surface area contributed by atoms with E-state index in [1.165, 1.54) is 11.8 Å². The molecule has 30 heavy (non-hydrogen) atoms. The van der Waals surface area contributed by atoms with Gasteiger partial charge in [-0.3, -0.25) is 4.79 Å². The maximum atomic E-state index is 13.1. The molecule has 0 spiro atoms. The molecule has 0 N–H and O–H groups in total. The van der Waals surface area contributed by atoms with E-state index in [1.807, 2.05) is 36.4 Å². The Balaban J connectivity index is 1.66. The Labute approximate surface area is 182 Å². The number of sulfone groups is 1. The molecule has 0 aliphatic carbocycles. The molecule has 1 amide bonds. The van der Waals surface area contributed by atoms with Crippen molar-refractivity contribution >= 4 is 27.5 Å². The predicted octanol–water partition coefficient (Wildman–Crippen LogP) is 3.30. The molecule has 0 saturated carbocycles. The van der Waals surface area contributed by atoms with E-state index in [0.717, 1.165) is 10.5 Å². The van der Waals surface area contributed by atoms with Gasteiger partial charge < -0.3 is 14.4 Å². The molecule has 0 radical (unpaired) electrons. The molecule has 0 unspecified atom stereocenters. The van der Waals surface area contributed by atoms with Crippen LogP contribution in [0.15, 0.2) is 47.4 Å². The highest BCUT2D eigenvalue weighted by Gasteiger charge is 2.29. The number of carbonyl (C=O) groups is 1. The molecule has 1 saturated heterocycles. The zero-order valence-corrected chi connectivity index (χ0v) is 19.1. The minimum Gasteiger partial charge on any atom is -0.493 e. The molecule has 1 aliphatic heterocycles. The van der Waals surface area contributed by atoms with E-state index in [4.69, 9.17) is 9.47 Å². The van der Waals surface area contributed by atoms with Crippen LogP contribution in [0, 0.1) is 0 Å². The largest absolute Gasteiger partial charge is 0.493 e. The number of methoxy groups -OCH3 is 2. The van der Waals surface area contributed by atoms with Crippen molar-refractivity contribution in [3.8, 4) is 11.5 Å². The quantitative estimate of drug-likeness (QED) is 0.616. The summed E-state index contributed by atoms with van der Waals surface area (Å²) in [5.74, 6) is 1.67. The monoisotopic (exact) mass is 449 g/mol. The van der Waals surface area contributed by atoms with Crippen molar-refractivity contribution in [1.82, 2.24) is 4.90 Å². The van der Waals surface area contributed by atoms with Gasteiger partial charge in [0.05, 0.1) is 31.3 Å². The summed E-state index contributed by atoms with van der Waals surface area (Å²) in [6.07, 6.45) is 1.31. The lowest BCUT2D eigenvalue weighted by Gasteiger charge is -2.20. The number of hydrogen-bond donors (Lipinski definition) is 0. The van der Waals surface area contributed by atoms with Gasteiger partial charge in [0.25, 0.3) is 5.91 Å². The normalized spacial score (nSPS) is 17.5. The van der Waals surface area contributed by atoms with Gasteiger partial charge in [-0.2, -0.15) is 0 Å². The van der Waals surface area contributed by atoms with E-state index < -0.39 is 9.84 Å². The molecule has 1 heterocycles. The number of ether oxygens (including phenoxy) is 2. The molecule has 1 fully saturated rings. The third kappa shape index (κ3) is 5.49. The number of likely N-dealkylation sites (N-methyl/N-ethyl adjacent to an activating group) is 1. The van der Waals surface area contributed by atoms with Crippen molar-refractivity contribution in [2.45, 2.75) is 23.0 Å². The number of rotatable bonds is 8. The van der Waals surface area contributed by atoms with Gasteiger partial charge >= 0.3 is 0 Å². The zero-order chi connectivity index (χ0) is 21.7. The van der Waals surface area contributed by atoms with Gasteiger partial charge in [-0.05, 0) is 42.7 Å². The predicted molar refractivity (Wildman–Crippen MR) is 120 cm³/mol. The number of thioether (sulfide) groups is 1. The second kappa shape index (κ2) is 9.75. The fraction of sp³-hybridized carbons (Fsp3) is 0.409. The van der Waals surface area contributed by atoms with Crippen molar-refractivity contribution < 1.29 is 22.7 Å². The number of amides is 1. The highest BCUT2D eigenvalue weighted by molar-refractivity contribution is 8.02. The van der Waals surface area contributed by atoms with Crippen molar-refractivity contribution in [3.05, 3.63) is 53.6 Å². The Morgan fingerprint density at radius 2 is 1.87 bits per heavy atom. The van der Waals surface area contributed by atoms with E-state index in [-0.39, 0.29) is 22.7 Å². The van der Waals surface area contributed by atoms with Crippen LogP contribution in [0.4, 0.5) is 0 Å². The van der Waals surface area contributed by atoms with Gasteiger partial charge in [-0.25, -0.2) is 8.42 Å². The van der Waals surface area contributed by atoms with Crippen LogP contribution >= 0.6 is 11.8 Å². The van der Waals surface area contributed by atoms with Gasteiger partial charge in [0.15, 0.2) is 21.3 Å². The van der Waals surface area contributed by atoms with E-state index in [2.05, 4.69) is 0 Å². The van der Waals surface area contributed by atoms with Crippen LogP contribution in [-0.2, 0) is 16.3 Å². The van der Waals surface area contributed by atoms with Gasteiger partial charge in [-0.15, -0.1) is 11.8 Å². The van der Waals surface area contributed by atoms with Crippen LogP contribution in [-0.4, -0.2) is 63.8 Å². The fourth-order valence-corrected chi connectivity index (χ4v) is 7.04. The minimum atomic E-state index is -2.95. The van der Waals surface area contributed by atoms with Crippen LogP contribution in [0.5, 0.6) is 11.5 Å². The van der Waals surface area contributed by atoms with Crippen LogP contribution in [0.2, 0.25) is 0 Å². The van der Waals surface area contributed by atoms with E-state index in [9.17, 15) is 13.2 Å². The first-order valence-electron chi connectivity index (χ1n) is 9.75. The summed E-state index contributed by atoms with van der Waals surface area (Å²) in [7, 11) is 2.03. The van der Waals surface area contributed by atoms with E-state index >= 15 is 0 Å². The van der Waals surface area contributed by atoms with Crippen molar-refractivity contribution in [3.63, 3.8) is 0 Å². The maximum absolute atomic E-state index is 13.1. The fourth-order valence-electron chi connectivity index (χ4n) is 3.42. The van der Waals surface area contributed by atoms with Crippen molar-refractivity contribution in [2.24, 2.45) is 0 Å². The van der Waals surface area contributed by atoms with E-state index in [0.29, 0.717) is 36.4 Å². The Kier molecular flexibility index (Phi) is 7.31. The third-order valence-corrected chi connectivity index (χ3v) is 8.46. The number of carbonyl (C=O) groups excluding carboxylic acids is 1. The van der Waals surface area contributed by atoms with Crippen LogP contribution in [0.3, 0.4) is 0 Å². The Bertz CT molecular complexity index is 1010. The summed E-state index contributed by atoms with van der Waals surface area (Å²) in [4.78, 5) is 15.6. The number of benzene rings is 2. The summed E-state index contributed by atoms with van der Waals surface area (Å²) in [6.45, 7) is 0.547. The van der Waals surface area contributed by atoms with Crippen LogP contribution < -0.4 is 9.47 Å². The molecule has 2 aromatic carbocycles. The average molecular weight is 450 g/mol. The topological polar surface area (TPSA) is 72.9 Å².